The Balaban J connectivity index is 2.66. The van der Waals surface area contributed by atoms with E-state index < -0.39 is 16.8 Å². The molecular weight excluding hydrogens is 250 g/mol. The zero-order chi connectivity index (χ0) is 13.8. The summed E-state index contributed by atoms with van der Waals surface area (Å²) < 4.78 is -0.821. The number of carboxylic acid groups (broad SMARTS) is 1. The van der Waals surface area contributed by atoms with Gasteiger partial charge in [0.2, 0.25) is 5.91 Å². The summed E-state index contributed by atoms with van der Waals surface area (Å²) in [5, 5.41) is 11.6. The number of amides is 1. The number of carbonyl (C=O) groups excluding carboxylic acids is 1. The summed E-state index contributed by atoms with van der Waals surface area (Å²) in [4.78, 5) is 22.8. The molecular formula is C13H17NO3S. The summed E-state index contributed by atoms with van der Waals surface area (Å²) in [7, 11) is 0. The van der Waals surface area contributed by atoms with E-state index in [4.69, 9.17) is 5.11 Å². The van der Waals surface area contributed by atoms with Crippen molar-refractivity contribution in [3.8, 4) is 0 Å². The minimum atomic E-state index is -1.09. The fraction of sp³-hybridized carbons (Fsp3) is 0.385. The maximum atomic E-state index is 11.8. The Morgan fingerprint density at radius 1 is 1.33 bits per heavy atom. The lowest BCUT2D eigenvalue weighted by Crippen LogP contribution is -2.51. The Morgan fingerprint density at radius 3 is 2.33 bits per heavy atom. The van der Waals surface area contributed by atoms with Crippen LogP contribution in [-0.2, 0) is 16.0 Å². The molecule has 0 aromatic heterocycles. The number of aliphatic carboxylic acids is 1. The van der Waals surface area contributed by atoms with Gasteiger partial charge in [-0.2, -0.15) is 12.6 Å². The van der Waals surface area contributed by atoms with Crippen LogP contribution >= 0.6 is 12.6 Å². The van der Waals surface area contributed by atoms with Crippen molar-refractivity contribution >= 4 is 24.5 Å². The van der Waals surface area contributed by atoms with Gasteiger partial charge in [0.15, 0.2) is 0 Å². The topological polar surface area (TPSA) is 66.4 Å². The van der Waals surface area contributed by atoms with Gasteiger partial charge >= 0.3 is 5.97 Å². The minimum Gasteiger partial charge on any atom is -0.480 e. The van der Waals surface area contributed by atoms with Crippen LogP contribution in [0.2, 0.25) is 0 Å². The van der Waals surface area contributed by atoms with E-state index in [-0.39, 0.29) is 12.3 Å². The molecule has 0 unspecified atom stereocenters. The van der Waals surface area contributed by atoms with Crippen LogP contribution in [0.15, 0.2) is 30.3 Å². The number of benzene rings is 1. The molecule has 2 N–H and O–H groups in total. The summed E-state index contributed by atoms with van der Waals surface area (Å²) in [6.07, 6.45) is 0.161. The SMILES string of the molecule is CC(C)(S)[C@@H](NC(=O)Cc1ccccc1)C(=O)O. The van der Waals surface area contributed by atoms with Gasteiger partial charge in [-0.05, 0) is 19.4 Å². The second-order valence-corrected chi connectivity index (χ2v) is 5.81. The molecule has 98 valence electrons. The van der Waals surface area contributed by atoms with Gasteiger partial charge in [0.1, 0.15) is 6.04 Å². The maximum Gasteiger partial charge on any atom is 0.327 e. The van der Waals surface area contributed by atoms with E-state index in [1.165, 1.54) is 0 Å². The highest BCUT2D eigenvalue weighted by Crippen LogP contribution is 2.18. The third-order valence-corrected chi connectivity index (χ3v) is 2.72. The van der Waals surface area contributed by atoms with Crippen molar-refractivity contribution < 1.29 is 14.7 Å². The molecule has 0 heterocycles. The third-order valence-electron chi connectivity index (χ3n) is 2.47. The zero-order valence-corrected chi connectivity index (χ0v) is 11.3. The summed E-state index contributed by atoms with van der Waals surface area (Å²) >= 11 is 4.19. The lowest BCUT2D eigenvalue weighted by molar-refractivity contribution is -0.142. The molecule has 1 atom stereocenters. The number of rotatable bonds is 5. The molecule has 0 aliphatic carbocycles. The van der Waals surface area contributed by atoms with Gasteiger partial charge in [0.25, 0.3) is 0 Å². The van der Waals surface area contributed by atoms with Crippen molar-refractivity contribution in [2.75, 3.05) is 0 Å². The molecule has 0 bridgehead atoms. The Labute approximate surface area is 112 Å². The molecule has 1 rings (SSSR count). The molecule has 0 saturated carbocycles. The second-order valence-electron chi connectivity index (χ2n) is 4.65. The van der Waals surface area contributed by atoms with Crippen LogP contribution in [0.5, 0.6) is 0 Å². The van der Waals surface area contributed by atoms with Crippen LogP contribution in [0.25, 0.3) is 0 Å². The van der Waals surface area contributed by atoms with Gasteiger partial charge < -0.3 is 10.4 Å². The second kappa shape index (κ2) is 5.91. The number of carbonyl (C=O) groups is 2. The maximum absolute atomic E-state index is 11.8. The average Bonchev–Trinajstić information content (AvgIpc) is 2.25. The molecule has 0 aliphatic heterocycles. The smallest absolute Gasteiger partial charge is 0.327 e. The minimum absolute atomic E-state index is 0.161. The third kappa shape index (κ3) is 4.41. The predicted octanol–water partition coefficient (Wildman–Crippen LogP) is 1.51. The van der Waals surface area contributed by atoms with E-state index in [2.05, 4.69) is 17.9 Å². The zero-order valence-electron chi connectivity index (χ0n) is 10.4. The first-order valence-electron chi connectivity index (χ1n) is 5.59. The lowest BCUT2D eigenvalue weighted by Gasteiger charge is -2.26. The van der Waals surface area contributed by atoms with Crippen LogP contribution < -0.4 is 5.32 Å². The van der Waals surface area contributed by atoms with Crippen molar-refractivity contribution in [1.82, 2.24) is 5.32 Å². The van der Waals surface area contributed by atoms with Crippen LogP contribution in [-0.4, -0.2) is 27.8 Å². The number of carboxylic acids is 1. The van der Waals surface area contributed by atoms with Gasteiger partial charge in [0.05, 0.1) is 6.42 Å². The van der Waals surface area contributed by atoms with Crippen LogP contribution in [0.4, 0.5) is 0 Å². The number of thiol groups is 1. The first-order valence-corrected chi connectivity index (χ1v) is 6.04. The van der Waals surface area contributed by atoms with Crippen LogP contribution in [0, 0.1) is 0 Å². The fourth-order valence-electron chi connectivity index (χ4n) is 1.53. The molecule has 0 aliphatic rings. The molecule has 0 saturated heterocycles. The van der Waals surface area contributed by atoms with Gasteiger partial charge in [0, 0.05) is 4.75 Å². The highest BCUT2D eigenvalue weighted by molar-refractivity contribution is 7.81. The first-order chi connectivity index (χ1) is 8.30. The summed E-state index contributed by atoms with van der Waals surface area (Å²) in [6.45, 7) is 3.30. The van der Waals surface area contributed by atoms with Crippen LogP contribution in [0.3, 0.4) is 0 Å². The molecule has 0 radical (unpaired) electrons. The van der Waals surface area contributed by atoms with Crippen molar-refractivity contribution in [1.29, 1.82) is 0 Å². The lowest BCUT2D eigenvalue weighted by atomic mass is 10.0. The normalized spacial score (nSPS) is 12.8. The van der Waals surface area contributed by atoms with E-state index in [1.807, 2.05) is 30.3 Å². The first kappa shape index (κ1) is 14.6. The van der Waals surface area contributed by atoms with E-state index in [9.17, 15) is 9.59 Å². The van der Waals surface area contributed by atoms with Gasteiger partial charge in [-0.1, -0.05) is 30.3 Å². The molecule has 0 spiro atoms. The van der Waals surface area contributed by atoms with Crippen molar-refractivity contribution in [3.63, 3.8) is 0 Å². The van der Waals surface area contributed by atoms with Crippen molar-refractivity contribution in [2.45, 2.75) is 31.1 Å². The number of nitrogens with one attached hydrogen (secondary N) is 1. The van der Waals surface area contributed by atoms with Crippen molar-refractivity contribution in [3.05, 3.63) is 35.9 Å². The molecule has 1 amide bonds. The Hall–Kier alpha value is -1.49. The fourth-order valence-corrected chi connectivity index (χ4v) is 1.71. The molecule has 5 heteroatoms. The van der Waals surface area contributed by atoms with Gasteiger partial charge in [-0.15, -0.1) is 0 Å². The van der Waals surface area contributed by atoms with Crippen LogP contribution in [0.1, 0.15) is 19.4 Å². The molecule has 18 heavy (non-hydrogen) atoms. The van der Waals surface area contributed by atoms with Crippen molar-refractivity contribution in [2.24, 2.45) is 0 Å². The number of hydrogen-bond donors (Lipinski definition) is 3. The predicted molar refractivity (Wildman–Crippen MR) is 72.8 cm³/mol. The standard InChI is InChI=1S/C13H17NO3S/c1-13(2,18)11(12(16)17)14-10(15)8-9-6-4-3-5-7-9/h3-7,11,18H,8H2,1-2H3,(H,14,15)(H,16,17)/t11-/m0/s1. The Bertz CT molecular complexity index is 426. The summed E-state index contributed by atoms with van der Waals surface area (Å²) in [5.41, 5.74) is 0.844. The van der Waals surface area contributed by atoms with E-state index in [0.29, 0.717) is 0 Å². The quantitative estimate of drug-likeness (QED) is 0.708. The molecule has 1 aromatic carbocycles. The largest absolute Gasteiger partial charge is 0.480 e. The highest BCUT2D eigenvalue weighted by atomic mass is 32.1. The Morgan fingerprint density at radius 2 is 1.89 bits per heavy atom. The van der Waals surface area contributed by atoms with E-state index in [1.54, 1.807) is 13.8 Å². The summed E-state index contributed by atoms with van der Waals surface area (Å²) in [6, 6.07) is 8.15. The van der Waals surface area contributed by atoms with E-state index in [0.717, 1.165) is 5.56 Å². The average molecular weight is 267 g/mol. The monoisotopic (exact) mass is 267 g/mol. The highest BCUT2D eigenvalue weighted by Gasteiger charge is 2.33. The van der Waals surface area contributed by atoms with E-state index >= 15 is 0 Å². The van der Waals surface area contributed by atoms with Gasteiger partial charge in [-0.25, -0.2) is 4.79 Å². The van der Waals surface area contributed by atoms with Gasteiger partial charge in [-0.3, -0.25) is 4.79 Å². The summed E-state index contributed by atoms with van der Waals surface area (Å²) in [5.74, 6) is -1.41. The Kier molecular flexibility index (Phi) is 4.78. The molecule has 4 nitrogen and oxygen atoms in total. The number of hydrogen-bond acceptors (Lipinski definition) is 3. The molecule has 0 fully saturated rings. The molecule has 1 aromatic rings.